The number of alkyl carbamates (subject to hydrolysis) is 1. The fraction of sp³-hybridized carbons (Fsp3) is 0.929. The Balaban J connectivity index is 3.56. The van der Waals surface area contributed by atoms with E-state index in [4.69, 9.17) is 9.47 Å². The van der Waals surface area contributed by atoms with Crippen LogP contribution in [0.1, 0.15) is 143 Å². The zero-order valence-corrected chi connectivity index (χ0v) is 22.4. The number of esters is 1. The molecule has 5 heteroatoms. The number of nitrogens with one attached hydrogen (secondary N) is 1. The van der Waals surface area contributed by atoms with Crippen LogP contribution in [0, 0.1) is 5.92 Å². The van der Waals surface area contributed by atoms with Crippen molar-refractivity contribution in [3.8, 4) is 0 Å². The van der Waals surface area contributed by atoms with Gasteiger partial charge in [0.2, 0.25) is 0 Å². The van der Waals surface area contributed by atoms with Gasteiger partial charge >= 0.3 is 12.1 Å². The zero-order valence-electron chi connectivity index (χ0n) is 22.4. The molecule has 0 radical (unpaired) electrons. The highest BCUT2D eigenvalue weighted by atomic mass is 16.6. The number of hydrogen-bond donors (Lipinski definition) is 1. The van der Waals surface area contributed by atoms with Gasteiger partial charge in [-0.1, -0.05) is 130 Å². The third-order valence-corrected chi connectivity index (χ3v) is 5.94. The van der Waals surface area contributed by atoms with Gasteiger partial charge in [-0.2, -0.15) is 0 Å². The van der Waals surface area contributed by atoms with Crippen molar-refractivity contribution in [3.05, 3.63) is 0 Å². The molecule has 1 unspecified atom stereocenters. The summed E-state index contributed by atoms with van der Waals surface area (Å²) in [6.07, 6.45) is 22.0. The van der Waals surface area contributed by atoms with Crippen molar-refractivity contribution in [1.82, 2.24) is 5.32 Å². The minimum atomic E-state index is -0.615. The predicted molar refractivity (Wildman–Crippen MR) is 139 cm³/mol. The Bertz CT molecular complexity index is 453. The maximum atomic E-state index is 12.3. The van der Waals surface area contributed by atoms with Crippen molar-refractivity contribution in [1.29, 1.82) is 0 Å². The Labute approximate surface area is 205 Å². The summed E-state index contributed by atoms with van der Waals surface area (Å²) in [5.74, 6) is -0.0819. The number of carbonyl (C=O) groups excluding carboxylic acids is 2. The van der Waals surface area contributed by atoms with Gasteiger partial charge in [0.1, 0.15) is 6.04 Å². The van der Waals surface area contributed by atoms with Crippen LogP contribution in [0.25, 0.3) is 0 Å². The molecule has 0 fully saturated rings. The summed E-state index contributed by atoms with van der Waals surface area (Å²) >= 11 is 0. The molecule has 5 nitrogen and oxygen atoms in total. The fourth-order valence-electron chi connectivity index (χ4n) is 3.89. The molecule has 1 N–H and O–H groups in total. The Kier molecular flexibility index (Phi) is 23.0. The molecule has 33 heavy (non-hydrogen) atoms. The Morgan fingerprint density at radius 1 is 0.636 bits per heavy atom. The van der Waals surface area contributed by atoms with E-state index in [0.717, 1.165) is 19.3 Å². The monoisotopic (exact) mass is 469 g/mol. The third-order valence-electron chi connectivity index (χ3n) is 5.94. The van der Waals surface area contributed by atoms with Crippen LogP contribution in [0.15, 0.2) is 0 Å². The second kappa shape index (κ2) is 23.9. The lowest BCUT2D eigenvalue weighted by atomic mass is 10.0. The predicted octanol–water partition coefficient (Wildman–Crippen LogP) is 8.34. The fourth-order valence-corrected chi connectivity index (χ4v) is 3.89. The van der Waals surface area contributed by atoms with Gasteiger partial charge in [0.15, 0.2) is 0 Å². The van der Waals surface area contributed by atoms with Crippen molar-refractivity contribution in [2.75, 3.05) is 13.2 Å². The Hall–Kier alpha value is -1.26. The Morgan fingerprint density at radius 2 is 1.09 bits per heavy atom. The van der Waals surface area contributed by atoms with Crippen molar-refractivity contribution < 1.29 is 19.1 Å². The molecule has 0 aromatic carbocycles. The van der Waals surface area contributed by atoms with E-state index < -0.39 is 12.1 Å². The summed E-state index contributed by atoms with van der Waals surface area (Å²) in [6.45, 7) is 8.99. The van der Waals surface area contributed by atoms with Crippen molar-refractivity contribution in [2.24, 2.45) is 5.92 Å². The van der Waals surface area contributed by atoms with Crippen molar-refractivity contribution in [3.63, 3.8) is 0 Å². The van der Waals surface area contributed by atoms with E-state index in [9.17, 15) is 9.59 Å². The SMILES string of the molecule is CCCCCCCCCCCCCCCCCCOC(=O)C(CCC)NC(=O)OCC(C)C. The molecule has 0 aromatic heterocycles. The minimum absolute atomic E-state index is 0.266. The van der Waals surface area contributed by atoms with Crippen LogP contribution in [0.3, 0.4) is 0 Å². The number of carbonyl (C=O) groups is 2. The van der Waals surface area contributed by atoms with Crippen LogP contribution in [-0.2, 0) is 14.3 Å². The van der Waals surface area contributed by atoms with Crippen LogP contribution < -0.4 is 5.32 Å². The van der Waals surface area contributed by atoms with Gasteiger partial charge in [-0.15, -0.1) is 0 Å². The van der Waals surface area contributed by atoms with Crippen molar-refractivity contribution in [2.45, 2.75) is 149 Å². The molecule has 0 rings (SSSR count). The molecule has 0 spiro atoms. The normalized spacial score (nSPS) is 12.0. The maximum absolute atomic E-state index is 12.3. The van der Waals surface area contributed by atoms with Gasteiger partial charge in [0, 0.05) is 0 Å². The minimum Gasteiger partial charge on any atom is -0.464 e. The molecule has 0 aliphatic heterocycles. The zero-order chi connectivity index (χ0) is 24.6. The highest BCUT2D eigenvalue weighted by Gasteiger charge is 2.22. The lowest BCUT2D eigenvalue weighted by Gasteiger charge is -2.17. The molecule has 0 bridgehead atoms. The van der Waals surface area contributed by atoms with Gasteiger partial charge in [0.05, 0.1) is 13.2 Å². The molecular formula is C28H55NO4. The van der Waals surface area contributed by atoms with Gasteiger partial charge in [-0.05, 0) is 18.8 Å². The molecule has 0 heterocycles. The molecule has 0 saturated heterocycles. The van der Waals surface area contributed by atoms with E-state index in [0.29, 0.717) is 19.6 Å². The number of rotatable bonds is 23. The smallest absolute Gasteiger partial charge is 0.407 e. The van der Waals surface area contributed by atoms with E-state index >= 15 is 0 Å². The van der Waals surface area contributed by atoms with Crippen molar-refractivity contribution >= 4 is 12.1 Å². The molecule has 1 amide bonds. The van der Waals surface area contributed by atoms with Crippen LogP contribution in [0.4, 0.5) is 4.79 Å². The molecular weight excluding hydrogens is 414 g/mol. The van der Waals surface area contributed by atoms with E-state index in [-0.39, 0.29) is 11.9 Å². The summed E-state index contributed by atoms with van der Waals surface area (Å²) in [5, 5.41) is 2.64. The first-order valence-electron chi connectivity index (χ1n) is 14.1. The summed E-state index contributed by atoms with van der Waals surface area (Å²) in [5.41, 5.74) is 0. The number of ether oxygens (including phenoxy) is 2. The van der Waals surface area contributed by atoms with E-state index in [1.165, 1.54) is 89.9 Å². The first-order chi connectivity index (χ1) is 16.0. The average Bonchev–Trinajstić information content (AvgIpc) is 2.79. The second-order valence-corrected chi connectivity index (χ2v) is 9.95. The van der Waals surface area contributed by atoms with Crippen LogP contribution >= 0.6 is 0 Å². The topological polar surface area (TPSA) is 64.6 Å². The number of unbranched alkanes of at least 4 members (excludes halogenated alkanes) is 15. The largest absolute Gasteiger partial charge is 0.464 e. The van der Waals surface area contributed by atoms with Gasteiger partial charge in [-0.25, -0.2) is 9.59 Å². The average molecular weight is 470 g/mol. The molecule has 0 aliphatic carbocycles. The van der Waals surface area contributed by atoms with E-state index in [1.807, 2.05) is 20.8 Å². The van der Waals surface area contributed by atoms with Gasteiger partial charge in [0.25, 0.3) is 0 Å². The van der Waals surface area contributed by atoms with E-state index in [2.05, 4.69) is 12.2 Å². The maximum Gasteiger partial charge on any atom is 0.407 e. The highest BCUT2D eigenvalue weighted by Crippen LogP contribution is 2.14. The molecule has 0 saturated carbocycles. The highest BCUT2D eigenvalue weighted by molar-refractivity contribution is 5.81. The van der Waals surface area contributed by atoms with Crippen LogP contribution in [-0.4, -0.2) is 31.3 Å². The van der Waals surface area contributed by atoms with Gasteiger partial charge in [-0.3, -0.25) is 0 Å². The van der Waals surface area contributed by atoms with Crippen LogP contribution in [0.2, 0.25) is 0 Å². The van der Waals surface area contributed by atoms with Crippen LogP contribution in [0.5, 0.6) is 0 Å². The summed E-state index contributed by atoms with van der Waals surface area (Å²) < 4.78 is 10.5. The number of amides is 1. The summed E-state index contributed by atoms with van der Waals surface area (Å²) in [4.78, 5) is 24.1. The third kappa shape index (κ3) is 22.3. The standard InChI is InChI=1S/C28H55NO4/c1-5-7-8-9-10-11-12-13-14-15-16-17-18-19-20-21-23-32-27(30)26(22-6-2)29-28(31)33-24-25(3)4/h25-26H,5-24H2,1-4H3,(H,29,31). The Morgan fingerprint density at radius 3 is 1.52 bits per heavy atom. The molecule has 0 aromatic rings. The lowest BCUT2D eigenvalue weighted by molar-refractivity contribution is -0.146. The summed E-state index contributed by atoms with van der Waals surface area (Å²) in [7, 11) is 0. The first-order valence-corrected chi connectivity index (χ1v) is 14.1. The first kappa shape index (κ1) is 31.7. The number of hydrogen-bond acceptors (Lipinski definition) is 4. The molecule has 196 valence electrons. The lowest BCUT2D eigenvalue weighted by Crippen LogP contribution is -2.42. The summed E-state index contributed by atoms with van der Waals surface area (Å²) in [6, 6.07) is -0.615. The molecule has 0 aliphatic rings. The molecule has 1 atom stereocenters. The second-order valence-electron chi connectivity index (χ2n) is 9.95. The van der Waals surface area contributed by atoms with Gasteiger partial charge < -0.3 is 14.8 Å². The quantitative estimate of drug-likeness (QED) is 0.121. The van der Waals surface area contributed by atoms with E-state index in [1.54, 1.807) is 0 Å².